The van der Waals surface area contributed by atoms with Crippen LogP contribution in [0.25, 0.3) is 10.9 Å². The van der Waals surface area contributed by atoms with Gasteiger partial charge in [0.1, 0.15) is 6.04 Å². The first-order chi connectivity index (χ1) is 13.1. The Kier molecular flexibility index (Phi) is 4.97. The quantitative estimate of drug-likeness (QED) is 0.703. The van der Waals surface area contributed by atoms with E-state index in [1.807, 2.05) is 24.8 Å². The van der Waals surface area contributed by atoms with Crippen LogP contribution in [-0.4, -0.2) is 32.5 Å². The Morgan fingerprint density at radius 1 is 1.37 bits per heavy atom. The molecule has 1 aliphatic heterocycles. The van der Waals surface area contributed by atoms with E-state index in [0.29, 0.717) is 18.1 Å². The van der Waals surface area contributed by atoms with Crippen molar-refractivity contribution in [3.63, 3.8) is 0 Å². The van der Waals surface area contributed by atoms with E-state index in [4.69, 9.17) is 4.52 Å². The molecule has 1 atom stereocenters. The molecule has 2 aromatic heterocycles. The zero-order valence-corrected chi connectivity index (χ0v) is 15.9. The number of hydrogen-bond acceptors (Lipinski definition) is 4. The number of aromatic nitrogens is 3. The van der Waals surface area contributed by atoms with Crippen molar-refractivity contribution in [3.8, 4) is 0 Å². The first kappa shape index (κ1) is 17.8. The number of benzene rings is 1. The first-order valence-corrected chi connectivity index (χ1v) is 9.81. The molecule has 3 heterocycles. The zero-order valence-electron chi connectivity index (χ0n) is 15.9. The molecule has 142 valence electrons. The second kappa shape index (κ2) is 7.55. The minimum absolute atomic E-state index is 0.0643. The van der Waals surface area contributed by atoms with Crippen molar-refractivity contribution < 1.29 is 9.32 Å². The summed E-state index contributed by atoms with van der Waals surface area (Å²) in [7, 11) is 0. The molecule has 27 heavy (non-hydrogen) atoms. The summed E-state index contributed by atoms with van der Waals surface area (Å²) in [6.45, 7) is 4.85. The normalized spacial score (nSPS) is 17.3. The van der Waals surface area contributed by atoms with Gasteiger partial charge in [-0.2, -0.15) is 4.98 Å². The van der Waals surface area contributed by atoms with Gasteiger partial charge in [0.05, 0.1) is 0 Å². The number of para-hydroxylation sites is 1. The van der Waals surface area contributed by atoms with Crippen LogP contribution in [0.5, 0.6) is 0 Å². The number of likely N-dealkylation sites (tertiary alicyclic amines) is 1. The number of hydrogen-bond donors (Lipinski definition) is 1. The summed E-state index contributed by atoms with van der Waals surface area (Å²) in [5.74, 6) is 1.70. The van der Waals surface area contributed by atoms with Crippen LogP contribution >= 0.6 is 0 Å². The van der Waals surface area contributed by atoms with Crippen molar-refractivity contribution in [3.05, 3.63) is 47.7 Å². The molecule has 3 aromatic rings. The molecular weight excluding hydrogens is 340 g/mol. The van der Waals surface area contributed by atoms with Gasteiger partial charge < -0.3 is 14.4 Å². The number of aromatic amines is 1. The van der Waals surface area contributed by atoms with Crippen LogP contribution in [0.4, 0.5) is 0 Å². The van der Waals surface area contributed by atoms with Gasteiger partial charge in [0.15, 0.2) is 5.82 Å². The fraction of sp³-hybridized carbons (Fsp3) is 0.476. The van der Waals surface area contributed by atoms with E-state index in [9.17, 15) is 4.79 Å². The van der Waals surface area contributed by atoms with Crippen LogP contribution in [0.3, 0.4) is 0 Å². The molecule has 6 heteroatoms. The van der Waals surface area contributed by atoms with E-state index in [1.54, 1.807) is 0 Å². The summed E-state index contributed by atoms with van der Waals surface area (Å²) in [6.07, 6.45) is 6.21. The van der Waals surface area contributed by atoms with Crippen molar-refractivity contribution in [1.82, 2.24) is 20.0 Å². The lowest BCUT2D eigenvalue weighted by Crippen LogP contribution is -2.30. The molecule has 1 aromatic carbocycles. The molecule has 6 nitrogen and oxygen atoms in total. The van der Waals surface area contributed by atoms with Crippen molar-refractivity contribution in [1.29, 1.82) is 0 Å². The number of carbonyl (C=O) groups excluding carboxylic acids is 1. The molecular formula is C21H26N4O2. The Balaban J connectivity index is 1.37. The predicted molar refractivity (Wildman–Crippen MR) is 103 cm³/mol. The Morgan fingerprint density at radius 3 is 3.04 bits per heavy atom. The van der Waals surface area contributed by atoms with E-state index < -0.39 is 0 Å². The average molecular weight is 366 g/mol. The Labute approximate surface area is 158 Å². The number of nitrogens with one attached hydrogen (secondary N) is 1. The zero-order chi connectivity index (χ0) is 18.8. The molecule has 1 aliphatic rings. The molecule has 1 amide bonds. The van der Waals surface area contributed by atoms with Crippen molar-refractivity contribution in [2.24, 2.45) is 0 Å². The molecule has 0 unspecified atom stereocenters. The van der Waals surface area contributed by atoms with Gasteiger partial charge in [-0.05, 0) is 37.3 Å². The lowest BCUT2D eigenvalue weighted by molar-refractivity contribution is -0.132. The maximum Gasteiger partial charge on any atom is 0.249 e. The van der Waals surface area contributed by atoms with Crippen molar-refractivity contribution >= 4 is 16.8 Å². The number of H-pyrrole nitrogens is 1. The largest absolute Gasteiger partial charge is 0.361 e. The average Bonchev–Trinajstić information content (AvgIpc) is 3.40. The molecule has 0 saturated carbocycles. The highest BCUT2D eigenvalue weighted by Gasteiger charge is 2.33. The smallest absolute Gasteiger partial charge is 0.249 e. The maximum absolute atomic E-state index is 12.8. The van der Waals surface area contributed by atoms with Crippen molar-refractivity contribution in [2.45, 2.75) is 57.9 Å². The molecule has 1 fully saturated rings. The fourth-order valence-corrected chi connectivity index (χ4v) is 3.85. The highest BCUT2D eigenvalue weighted by Crippen LogP contribution is 2.32. The highest BCUT2D eigenvalue weighted by molar-refractivity contribution is 5.83. The van der Waals surface area contributed by atoms with Crippen LogP contribution in [-0.2, 0) is 11.2 Å². The second-order valence-electron chi connectivity index (χ2n) is 7.60. The van der Waals surface area contributed by atoms with Gasteiger partial charge in [-0.1, -0.05) is 37.2 Å². The second-order valence-corrected chi connectivity index (χ2v) is 7.60. The van der Waals surface area contributed by atoms with Gasteiger partial charge in [0.25, 0.3) is 0 Å². The number of aryl methyl sites for hydroxylation is 1. The van der Waals surface area contributed by atoms with Gasteiger partial charge in [-0.3, -0.25) is 4.79 Å². The van der Waals surface area contributed by atoms with Gasteiger partial charge in [0.2, 0.25) is 11.8 Å². The third kappa shape index (κ3) is 3.61. The van der Waals surface area contributed by atoms with E-state index in [0.717, 1.165) is 37.7 Å². The number of amides is 1. The summed E-state index contributed by atoms with van der Waals surface area (Å²) < 4.78 is 5.44. The van der Waals surface area contributed by atoms with Gasteiger partial charge in [-0.25, -0.2) is 0 Å². The number of nitrogens with zero attached hydrogens (tertiary/aromatic N) is 3. The van der Waals surface area contributed by atoms with E-state index in [-0.39, 0.29) is 17.9 Å². The number of rotatable bonds is 6. The molecule has 0 aliphatic carbocycles. The lowest BCUT2D eigenvalue weighted by Gasteiger charge is -2.21. The molecule has 0 radical (unpaired) electrons. The summed E-state index contributed by atoms with van der Waals surface area (Å²) in [5.41, 5.74) is 2.42. The topological polar surface area (TPSA) is 75.0 Å². The Hall–Kier alpha value is -2.63. The first-order valence-electron chi connectivity index (χ1n) is 9.81. The molecule has 0 spiro atoms. The third-order valence-electron chi connectivity index (χ3n) is 5.34. The van der Waals surface area contributed by atoms with Gasteiger partial charge >= 0.3 is 0 Å². The monoisotopic (exact) mass is 366 g/mol. The highest BCUT2D eigenvalue weighted by atomic mass is 16.5. The molecule has 1 saturated heterocycles. The third-order valence-corrected chi connectivity index (χ3v) is 5.34. The number of carbonyl (C=O) groups is 1. The van der Waals surface area contributed by atoms with Crippen LogP contribution in [0.15, 0.2) is 35.0 Å². The lowest BCUT2D eigenvalue weighted by atomic mass is 10.1. The van der Waals surface area contributed by atoms with E-state index in [2.05, 4.69) is 39.5 Å². The number of fused-ring (bicyclic) bond motifs is 1. The Morgan fingerprint density at radius 2 is 2.22 bits per heavy atom. The molecule has 4 rings (SSSR count). The van der Waals surface area contributed by atoms with Gasteiger partial charge in [0, 0.05) is 36.0 Å². The Bertz CT molecular complexity index is 927. The van der Waals surface area contributed by atoms with Crippen LogP contribution < -0.4 is 0 Å². The standard InChI is InChI=1S/C21H26N4O2/c1-14(2)20-23-21(27-24-20)18-10-6-12-25(18)19(26)11-5-7-15-13-22-17-9-4-3-8-16(15)17/h3-4,8-9,13-14,18,22H,5-7,10-12H2,1-2H3/t18-/m1/s1. The van der Waals surface area contributed by atoms with Crippen LogP contribution in [0, 0.1) is 0 Å². The van der Waals surface area contributed by atoms with E-state index in [1.165, 1.54) is 10.9 Å². The molecule has 1 N–H and O–H groups in total. The minimum atomic E-state index is -0.0643. The SMILES string of the molecule is CC(C)c1noc([C@H]2CCCN2C(=O)CCCc2c[nH]c3ccccc23)n1. The summed E-state index contributed by atoms with van der Waals surface area (Å²) in [5, 5.41) is 5.30. The predicted octanol–water partition coefficient (Wildman–Crippen LogP) is 4.36. The van der Waals surface area contributed by atoms with Crippen LogP contribution in [0.1, 0.15) is 68.8 Å². The van der Waals surface area contributed by atoms with Crippen LogP contribution in [0.2, 0.25) is 0 Å². The fourth-order valence-electron chi connectivity index (χ4n) is 3.85. The van der Waals surface area contributed by atoms with Crippen molar-refractivity contribution in [2.75, 3.05) is 6.54 Å². The summed E-state index contributed by atoms with van der Waals surface area (Å²) in [4.78, 5) is 22.5. The maximum atomic E-state index is 12.8. The minimum Gasteiger partial charge on any atom is -0.361 e. The molecule has 0 bridgehead atoms. The summed E-state index contributed by atoms with van der Waals surface area (Å²) in [6, 6.07) is 8.22. The van der Waals surface area contributed by atoms with E-state index >= 15 is 0 Å². The van der Waals surface area contributed by atoms with Gasteiger partial charge in [-0.15, -0.1) is 0 Å². The summed E-state index contributed by atoms with van der Waals surface area (Å²) >= 11 is 0.